The lowest BCUT2D eigenvalue weighted by molar-refractivity contribution is -0.171. The van der Waals surface area contributed by atoms with Gasteiger partial charge in [-0.2, -0.15) is 0 Å². The summed E-state index contributed by atoms with van der Waals surface area (Å²) < 4.78 is 11.4. The summed E-state index contributed by atoms with van der Waals surface area (Å²) in [6, 6.07) is 0. The first-order valence-corrected chi connectivity index (χ1v) is 10.5. The fourth-order valence-corrected chi connectivity index (χ4v) is 5.25. The summed E-state index contributed by atoms with van der Waals surface area (Å²) in [5.41, 5.74) is -0.489. The molecule has 6 nitrogen and oxygen atoms in total. The molecule has 0 atom stereocenters. The molecule has 162 valence electrons. The molecule has 2 fully saturated rings. The van der Waals surface area contributed by atoms with Crippen molar-refractivity contribution in [2.24, 2.45) is 5.92 Å². The average Bonchev–Trinajstić information content (AvgIpc) is 2.38. The van der Waals surface area contributed by atoms with Crippen LogP contribution in [-0.4, -0.2) is 46.3 Å². The summed E-state index contributed by atoms with van der Waals surface area (Å²) in [6.07, 6.45) is 2.49. The van der Waals surface area contributed by atoms with Crippen LogP contribution in [0.5, 0.6) is 0 Å². The molecule has 2 rings (SSSR count). The van der Waals surface area contributed by atoms with Gasteiger partial charge in [0, 0.05) is 47.8 Å². The van der Waals surface area contributed by atoms with Gasteiger partial charge >= 0.3 is 11.9 Å². The summed E-state index contributed by atoms with van der Waals surface area (Å²) in [5, 5.41) is 7.14. The Labute approximate surface area is 170 Å². The van der Waals surface area contributed by atoms with Gasteiger partial charge in [-0.25, -0.2) is 0 Å². The monoisotopic (exact) mass is 396 g/mol. The van der Waals surface area contributed by atoms with Crippen LogP contribution >= 0.6 is 0 Å². The Morgan fingerprint density at radius 3 is 1.18 bits per heavy atom. The predicted molar refractivity (Wildman–Crippen MR) is 110 cm³/mol. The second-order valence-electron chi connectivity index (χ2n) is 11.4. The largest absolute Gasteiger partial charge is 0.462 e. The predicted octanol–water partition coefficient (Wildman–Crippen LogP) is 3.33. The Morgan fingerprint density at radius 1 is 0.679 bits per heavy atom. The molecular weight excluding hydrogens is 356 g/mol. The van der Waals surface area contributed by atoms with Crippen molar-refractivity contribution < 1.29 is 19.1 Å². The van der Waals surface area contributed by atoms with Crippen LogP contribution in [0.3, 0.4) is 0 Å². The van der Waals surface area contributed by atoms with Crippen molar-refractivity contribution in [1.29, 1.82) is 0 Å². The van der Waals surface area contributed by atoms with E-state index in [0.29, 0.717) is 0 Å². The molecule has 0 bridgehead atoms. The number of carbonyl (C=O) groups is 2. The Kier molecular flexibility index (Phi) is 6.28. The molecule has 0 amide bonds. The molecule has 28 heavy (non-hydrogen) atoms. The second-order valence-corrected chi connectivity index (χ2v) is 11.4. The third-order valence-corrected chi connectivity index (χ3v) is 5.58. The van der Waals surface area contributed by atoms with Gasteiger partial charge in [-0.3, -0.25) is 9.59 Å². The fraction of sp³-hybridized carbons (Fsp3) is 0.909. The highest BCUT2D eigenvalue weighted by Gasteiger charge is 2.42. The van der Waals surface area contributed by atoms with E-state index < -0.39 is 17.9 Å². The minimum Gasteiger partial charge on any atom is -0.462 e. The van der Waals surface area contributed by atoms with E-state index in [1.807, 2.05) is 0 Å². The zero-order valence-corrected chi connectivity index (χ0v) is 19.2. The van der Waals surface area contributed by atoms with Crippen LogP contribution in [0.25, 0.3) is 0 Å². The van der Waals surface area contributed by atoms with Crippen LogP contribution in [-0.2, 0) is 19.1 Å². The van der Waals surface area contributed by atoms with Crippen molar-refractivity contribution in [2.45, 2.75) is 122 Å². The van der Waals surface area contributed by atoms with Crippen LogP contribution in [0, 0.1) is 5.92 Å². The van der Waals surface area contributed by atoms with Crippen molar-refractivity contribution in [3.8, 4) is 0 Å². The molecule has 0 aromatic carbocycles. The highest BCUT2D eigenvalue weighted by atomic mass is 16.6. The minimum absolute atomic E-state index is 0.122. The number of rotatable bonds is 4. The van der Waals surface area contributed by atoms with Crippen molar-refractivity contribution in [1.82, 2.24) is 10.6 Å². The van der Waals surface area contributed by atoms with Crippen molar-refractivity contribution in [3.63, 3.8) is 0 Å². The molecule has 0 saturated carbocycles. The third-order valence-electron chi connectivity index (χ3n) is 5.58. The summed E-state index contributed by atoms with van der Waals surface area (Å²) in [5.74, 6) is -1.89. The van der Waals surface area contributed by atoms with E-state index in [2.05, 4.69) is 66.0 Å². The van der Waals surface area contributed by atoms with E-state index >= 15 is 0 Å². The number of hydrogen-bond donors (Lipinski definition) is 2. The van der Waals surface area contributed by atoms with Gasteiger partial charge in [-0.1, -0.05) is 0 Å². The fourth-order valence-electron chi connectivity index (χ4n) is 5.25. The van der Waals surface area contributed by atoms with Gasteiger partial charge in [0.2, 0.25) is 0 Å². The zero-order chi connectivity index (χ0) is 21.5. The minimum atomic E-state index is -0.915. The summed E-state index contributed by atoms with van der Waals surface area (Å²) in [4.78, 5) is 25.2. The molecule has 2 saturated heterocycles. The molecule has 2 N–H and O–H groups in total. The second kappa shape index (κ2) is 7.60. The number of piperidine rings is 2. The molecule has 0 spiro atoms. The maximum absolute atomic E-state index is 12.6. The first-order valence-electron chi connectivity index (χ1n) is 10.5. The van der Waals surface area contributed by atoms with E-state index in [0.717, 1.165) is 25.7 Å². The average molecular weight is 397 g/mol. The molecule has 2 aliphatic heterocycles. The molecule has 0 aliphatic carbocycles. The first kappa shape index (κ1) is 23.1. The molecule has 2 aliphatic rings. The maximum atomic E-state index is 12.6. The lowest BCUT2D eigenvalue weighted by atomic mass is 9.81. The van der Waals surface area contributed by atoms with Gasteiger partial charge in [-0.15, -0.1) is 0 Å². The highest BCUT2D eigenvalue weighted by molar-refractivity contribution is 5.94. The number of ether oxygens (including phenoxy) is 2. The Bertz CT molecular complexity index is 526. The van der Waals surface area contributed by atoms with Crippen LogP contribution in [0.1, 0.15) is 88.0 Å². The third kappa shape index (κ3) is 6.45. The molecule has 0 aromatic rings. The Morgan fingerprint density at radius 2 is 0.929 bits per heavy atom. The molecule has 0 aromatic heterocycles. The number of nitrogens with one attached hydrogen (secondary N) is 2. The van der Waals surface area contributed by atoms with E-state index in [4.69, 9.17) is 9.47 Å². The standard InChI is InChI=1S/C22H40N2O4/c1-14(17(25)27-15-10-19(2,3)23-20(4,5)11-15)18(26)28-16-12-21(6,7)24-22(8,9)13-16/h14-16,23-24H,10-13H2,1-9H3. The lowest BCUT2D eigenvalue weighted by Crippen LogP contribution is -2.60. The van der Waals surface area contributed by atoms with Gasteiger partial charge < -0.3 is 20.1 Å². The quantitative estimate of drug-likeness (QED) is 0.561. The lowest BCUT2D eigenvalue weighted by Gasteiger charge is -2.46. The van der Waals surface area contributed by atoms with Gasteiger partial charge in [-0.05, 0) is 62.3 Å². The molecular formula is C22H40N2O4. The highest BCUT2D eigenvalue weighted by Crippen LogP contribution is 2.32. The van der Waals surface area contributed by atoms with E-state index in [9.17, 15) is 9.59 Å². The number of esters is 2. The van der Waals surface area contributed by atoms with Crippen LogP contribution in [0.2, 0.25) is 0 Å². The van der Waals surface area contributed by atoms with Gasteiger partial charge in [0.1, 0.15) is 12.2 Å². The zero-order valence-electron chi connectivity index (χ0n) is 19.2. The van der Waals surface area contributed by atoms with Crippen molar-refractivity contribution in [3.05, 3.63) is 0 Å². The molecule has 0 radical (unpaired) electrons. The topological polar surface area (TPSA) is 76.7 Å². The molecule has 6 heteroatoms. The SMILES string of the molecule is CC(C(=O)OC1CC(C)(C)NC(C)(C)C1)C(=O)OC1CC(C)(C)NC(C)(C)C1. The van der Waals surface area contributed by atoms with Crippen molar-refractivity contribution >= 4 is 11.9 Å². The van der Waals surface area contributed by atoms with Gasteiger partial charge in [0.15, 0.2) is 5.92 Å². The summed E-state index contributed by atoms with van der Waals surface area (Å²) >= 11 is 0. The maximum Gasteiger partial charge on any atom is 0.320 e. The van der Waals surface area contributed by atoms with Crippen LogP contribution in [0.15, 0.2) is 0 Å². The van der Waals surface area contributed by atoms with E-state index in [-0.39, 0.29) is 34.4 Å². The van der Waals surface area contributed by atoms with Gasteiger partial charge in [0.25, 0.3) is 0 Å². The van der Waals surface area contributed by atoms with E-state index in [1.54, 1.807) is 6.92 Å². The van der Waals surface area contributed by atoms with Crippen LogP contribution < -0.4 is 10.6 Å². The van der Waals surface area contributed by atoms with Crippen molar-refractivity contribution in [2.75, 3.05) is 0 Å². The first-order chi connectivity index (χ1) is 12.5. The van der Waals surface area contributed by atoms with Crippen LogP contribution in [0.4, 0.5) is 0 Å². The summed E-state index contributed by atoms with van der Waals surface area (Å²) in [6.45, 7) is 18.4. The summed E-state index contributed by atoms with van der Waals surface area (Å²) in [7, 11) is 0. The van der Waals surface area contributed by atoms with Gasteiger partial charge in [0.05, 0.1) is 0 Å². The number of hydrogen-bond acceptors (Lipinski definition) is 6. The smallest absolute Gasteiger partial charge is 0.320 e. The normalized spacial score (nSPS) is 26.6. The Balaban J connectivity index is 1.94. The molecule has 0 unspecified atom stereocenters. The van der Waals surface area contributed by atoms with E-state index in [1.165, 1.54) is 0 Å². The Hall–Kier alpha value is -1.14. The molecule has 2 heterocycles. The number of carbonyl (C=O) groups excluding carboxylic acids is 2.